The smallest absolute Gasteiger partial charge is 0.253 e. The van der Waals surface area contributed by atoms with Gasteiger partial charge in [0, 0.05) is 38.6 Å². The van der Waals surface area contributed by atoms with Crippen LogP contribution in [0.15, 0.2) is 54.1 Å². The summed E-state index contributed by atoms with van der Waals surface area (Å²) in [5.74, 6) is -4.35. The highest BCUT2D eigenvalue weighted by Gasteiger charge is 2.76. The van der Waals surface area contributed by atoms with E-state index in [4.69, 9.17) is 27.9 Å². The van der Waals surface area contributed by atoms with Crippen molar-refractivity contribution in [2.75, 3.05) is 27.2 Å². The van der Waals surface area contributed by atoms with Crippen LogP contribution < -0.4 is 4.74 Å². The van der Waals surface area contributed by atoms with Gasteiger partial charge in [0.05, 0.1) is 22.5 Å². The number of likely N-dealkylation sites (tertiary alicyclic amines) is 3. The van der Waals surface area contributed by atoms with Gasteiger partial charge in [0.25, 0.3) is 11.8 Å². The number of nitrogens with zero attached hydrogens (tertiary/aromatic N) is 3. The Kier molecular flexibility index (Phi) is 7.97. The molecule has 3 saturated heterocycles. The van der Waals surface area contributed by atoms with Crippen LogP contribution in [0.4, 0.5) is 0 Å². The molecule has 6 atom stereocenters. The number of hydrogen-bond acceptors (Lipinski definition) is 7. The van der Waals surface area contributed by atoms with Gasteiger partial charge in [-0.05, 0) is 77.5 Å². The minimum Gasteiger partial charge on any atom is -0.504 e. The minimum absolute atomic E-state index is 0.0504. The summed E-state index contributed by atoms with van der Waals surface area (Å²) in [7, 11) is 2.79. The number of hydrogen-bond donors (Lipinski definition) is 1. The Labute approximate surface area is 291 Å². The highest BCUT2D eigenvalue weighted by atomic mass is 127. The van der Waals surface area contributed by atoms with Crippen LogP contribution in [0, 0.1) is 21.3 Å². The molecule has 0 unspecified atom stereocenters. The normalized spacial score (nSPS) is 33.2. The number of imide groups is 2. The molecule has 46 heavy (non-hydrogen) atoms. The molecule has 4 fully saturated rings. The number of methoxy groups -OCH3 is 1. The number of phenols is 1. The van der Waals surface area contributed by atoms with Crippen LogP contribution in [-0.4, -0.2) is 86.5 Å². The van der Waals surface area contributed by atoms with E-state index in [-0.39, 0.29) is 35.8 Å². The number of fused-ring (bicyclic) bond motifs is 4. The Balaban J connectivity index is 1.23. The average molecular weight is 778 g/mol. The van der Waals surface area contributed by atoms with Gasteiger partial charge in [0.1, 0.15) is 0 Å². The molecular formula is C34H34Cl2IN3O6. The Bertz CT molecular complexity index is 1680. The third kappa shape index (κ3) is 4.49. The highest BCUT2D eigenvalue weighted by molar-refractivity contribution is 14.1. The minimum atomic E-state index is -1.89. The fraction of sp³-hybridized carbons (Fsp3) is 0.471. The maximum atomic E-state index is 14.4. The summed E-state index contributed by atoms with van der Waals surface area (Å²) in [5.41, 5.74) is 2.47. The lowest BCUT2D eigenvalue weighted by Gasteiger charge is -2.50. The molecule has 2 aliphatic carbocycles. The number of carbonyl (C=O) groups excluding carboxylic acids is 4. The first kappa shape index (κ1) is 31.9. The zero-order chi connectivity index (χ0) is 32.7. The molecule has 9 nitrogen and oxygen atoms in total. The standard InChI is InChI=1S/C34H34Cl2IN3O6/c1-38-31(44)33(35)16-23-21(27(34(33,36)32(38)45)19-14-24(37)28(41)25(15-19)46-2)8-9-22-26(23)30(43)40(29(22)42)20-10-12-39(13-11-20)17-18-6-4-3-5-7-18/h3-8,14-15,20,22-23,26-27,41H,9-13,16-17H2,1-2H3/t22-,23+,26-,27-,33+,34-/m0/s1. The van der Waals surface area contributed by atoms with Crippen molar-refractivity contribution in [2.24, 2.45) is 17.8 Å². The molecule has 0 aromatic heterocycles. The van der Waals surface area contributed by atoms with Gasteiger partial charge >= 0.3 is 0 Å². The fourth-order valence-corrected chi connectivity index (χ4v) is 10.2. The predicted molar refractivity (Wildman–Crippen MR) is 179 cm³/mol. The van der Waals surface area contributed by atoms with Gasteiger partial charge < -0.3 is 9.84 Å². The molecule has 2 aromatic carbocycles. The van der Waals surface area contributed by atoms with Crippen molar-refractivity contribution in [3.63, 3.8) is 0 Å². The zero-order valence-corrected chi connectivity index (χ0v) is 29.1. The van der Waals surface area contributed by atoms with Gasteiger partial charge in [-0.15, -0.1) is 23.2 Å². The number of allylic oxidation sites excluding steroid dienone is 2. The number of phenolic OH excluding ortho intramolecular Hbond substituents is 1. The van der Waals surface area contributed by atoms with Crippen molar-refractivity contribution >= 4 is 69.4 Å². The lowest BCUT2D eigenvalue weighted by Crippen LogP contribution is -2.60. The van der Waals surface area contributed by atoms with Gasteiger partial charge in [-0.1, -0.05) is 42.0 Å². The van der Waals surface area contributed by atoms with Crippen molar-refractivity contribution in [2.45, 2.75) is 53.9 Å². The quantitative estimate of drug-likeness (QED) is 0.204. The van der Waals surface area contributed by atoms with Crippen LogP contribution >= 0.6 is 45.8 Å². The van der Waals surface area contributed by atoms with E-state index < -0.39 is 45.2 Å². The maximum absolute atomic E-state index is 14.4. The Hall–Kier alpha value is -2.67. The van der Waals surface area contributed by atoms with Crippen LogP contribution in [-0.2, 0) is 25.7 Å². The van der Waals surface area contributed by atoms with E-state index >= 15 is 0 Å². The lowest BCUT2D eigenvalue weighted by molar-refractivity contribution is -0.144. The number of aromatic hydroxyl groups is 1. The maximum Gasteiger partial charge on any atom is 0.253 e. The van der Waals surface area contributed by atoms with Crippen LogP contribution in [0.25, 0.3) is 0 Å². The van der Waals surface area contributed by atoms with E-state index in [0.29, 0.717) is 34.0 Å². The third-order valence-electron chi connectivity index (χ3n) is 10.8. The molecule has 5 aliphatic rings. The topological polar surface area (TPSA) is 107 Å². The van der Waals surface area contributed by atoms with Crippen LogP contribution in [0.2, 0.25) is 0 Å². The number of rotatable bonds is 5. The number of amides is 4. The van der Waals surface area contributed by atoms with Crippen molar-refractivity contribution in [1.82, 2.24) is 14.7 Å². The molecule has 3 heterocycles. The SMILES string of the molecule is COc1cc([C@H]2C3=CC[C@@H]4C(=O)N(C5CCN(Cc6ccccc6)CC5)C(=O)[C@@H]4[C@@H]3C[C@@]3(Cl)C(=O)N(C)C(=O)[C@@]23Cl)cc(I)c1O. The Morgan fingerprint density at radius 1 is 1.00 bits per heavy atom. The number of alkyl halides is 2. The number of halogens is 3. The molecule has 1 N–H and O–H groups in total. The molecule has 4 amide bonds. The molecule has 2 aromatic rings. The van der Waals surface area contributed by atoms with E-state index in [1.54, 1.807) is 12.1 Å². The van der Waals surface area contributed by atoms with E-state index in [0.717, 1.165) is 24.5 Å². The zero-order valence-electron chi connectivity index (χ0n) is 25.4. The first-order chi connectivity index (χ1) is 21.9. The van der Waals surface area contributed by atoms with E-state index in [9.17, 15) is 24.3 Å². The number of carbonyl (C=O) groups is 4. The second kappa shape index (κ2) is 11.5. The molecular weight excluding hydrogens is 744 g/mol. The number of piperidine rings is 1. The van der Waals surface area contributed by atoms with Crippen molar-refractivity contribution in [1.29, 1.82) is 0 Å². The summed E-state index contributed by atoms with van der Waals surface area (Å²) >= 11 is 16.5. The van der Waals surface area contributed by atoms with Crippen molar-refractivity contribution in [3.8, 4) is 11.5 Å². The highest BCUT2D eigenvalue weighted by Crippen LogP contribution is 2.65. The number of benzene rings is 2. The summed E-state index contributed by atoms with van der Waals surface area (Å²) in [5, 5.41) is 10.6. The van der Waals surface area contributed by atoms with Crippen molar-refractivity contribution < 1.29 is 29.0 Å². The molecule has 242 valence electrons. The van der Waals surface area contributed by atoms with Crippen LogP contribution in [0.5, 0.6) is 11.5 Å². The summed E-state index contributed by atoms with van der Waals surface area (Å²) in [6.07, 6.45) is 3.56. The van der Waals surface area contributed by atoms with E-state index in [1.165, 1.54) is 24.6 Å². The van der Waals surface area contributed by atoms with Crippen LogP contribution in [0.3, 0.4) is 0 Å². The molecule has 0 radical (unpaired) electrons. The van der Waals surface area contributed by atoms with Crippen LogP contribution in [0.1, 0.15) is 42.7 Å². The van der Waals surface area contributed by atoms with Gasteiger partial charge in [0.2, 0.25) is 11.8 Å². The predicted octanol–water partition coefficient (Wildman–Crippen LogP) is 4.66. The van der Waals surface area contributed by atoms with E-state index in [1.807, 2.05) is 46.9 Å². The van der Waals surface area contributed by atoms with Gasteiger partial charge in [-0.25, -0.2) is 0 Å². The van der Waals surface area contributed by atoms with Gasteiger partial charge in [0.15, 0.2) is 21.2 Å². The second-order valence-corrected chi connectivity index (χ2v) is 15.5. The molecule has 1 saturated carbocycles. The summed E-state index contributed by atoms with van der Waals surface area (Å²) < 4.78 is 5.90. The lowest BCUT2D eigenvalue weighted by atomic mass is 9.56. The second-order valence-electron chi connectivity index (χ2n) is 13.1. The average Bonchev–Trinajstić information content (AvgIpc) is 3.38. The fourth-order valence-electron chi connectivity index (χ4n) is 8.60. The van der Waals surface area contributed by atoms with Gasteiger partial charge in [-0.3, -0.25) is 33.9 Å². The molecule has 12 heteroatoms. The molecule has 3 aliphatic heterocycles. The van der Waals surface area contributed by atoms with Crippen molar-refractivity contribution in [3.05, 3.63) is 68.8 Å². The Morgan fingerprint density at radius 3 is 2.37 bits per heavy atom. The first-order valence-electron chi connectivity index (χ1n) is 15.5. The molecule has 0 spiro atoms. The summed E-state index contributed by atoms with van der Waals surface area (Å²) in [6.45, 7) is 2.35. The third-order valence-corrected chi connectivity index (χ3v) is 13.1. The molecule has 7 rings (SSSR count). The summed E-state index contributed by atoms with van der Waals surface area (Å²) in [4.78, 5) is 57.0. The van der Waals surface area contributed by atoms with E-state index in [2.05, 4.69) is 17.0 Å². The Morgan fingerprint density at radius 2 is 1.70 bits per heavy atom. The summed E-state index contributed by atoms with van der Waals surface area (Å²) in [6, 6.07) is 13.3. The monoisotopic (exact) mass is 777 g/mol. The number of ether oxygens (including phenoxy) is 1. The molecule has 0 bridgehead atoms. The first-order valence-corrected chi connectivity index (χ1v) is 17.4. The van der Waals surface area contributed by atoms with Gasteiger partial charge in [-0.2, -0.15) is 0 Å². The largest absolute Gasteiger partial charge is 0.504 e.